The molecule has 52 heavy (non-hydrogen) atoms. The molecule has 0 amide bonds. The van der Waals surface area contributed by atoms with Gasteiger partial charge in [-0.25, -0.2) is 0 Å². The van der Waals surface area contributed by atoms with Crippen molar-refractivity contribution in [2.75, 3.05) is 11.5 Å². The molecular weight excluding hydrogens is 810 g/mol. The van der Waals surface area contributed by atoms with Gasteiger partial charge in [0.15, 0.2) is 0 Å². The Morgan fingerprint density at radius 2 is 1.19 bits per heavy atom. The van der Waals surface area contributed by atoms with Crippen molar-refractivity contribution < 1.29 is 38.7 Å². The minimum absolute atomic E-state index is 0. The van der Waals surface area contributed by atoms with Crippen LogP contribution in [0.15, 0.2) is 25.3 Å². The Kier molecular flexibility index (Phi) is 16.1. The average Bonchev–Trinajstić information content (AvgIpc) is 3.85. The van der Waals surface area contributed by atoms with Gasteiger partial charge in [-0.1, -0.05) is 14.9 Å². The molecule has 6 N–H and O–H groups in total. The van der Waals surface area contributed by atoms with Crippen LogP contribution < -0.4 is 11.5 Å². The summed E-state index contributed by atoms with van der Waals surface area (Å²) in [6.45, 7) is 3.80. The summed E-state index contributed by atoms with van der Waals surface area (Å²) in [5.74, 6) is 3.95. The second kappa shape index (κ2) is 19.6. The number of carbonyl (C=O) groups is 2. The van der Waals surface area contributed by atoms with Gasteiger partial charge >= 0.3 is 301 Å². The van der Waals surface area contributed by atoms with Crippen molar-refractivity contribution in [3.8, 4) is 0 Å². The number of aliphatic hydroxyl groups excluding tert-OH is 2. The summed E-state index contributed by atoms with van der Waals surface area (Å²) in [4.78, 5) is 49.3. The fourth-order valence-corrected chi connectivity index (χ4v) is 8.22. The molecule has 0 saturated carbocycles. The van der Waals surface area contributed by atoms with E-state index < -0.39 is 43.0 Å². The third-order valence-electron chi connectivity index (χ3n) is 8.05. The Hall–Kier alpha value is -3.48. The predicted molar refractivity (Wildman–Crippen MR) is 195 cm³/mol. The zero-order valence-corrected chi connectivity index (χ0v) is 31.5. The number of anilines is 2. The van der Waals surface area contributed by atoms with E-state index in [2.05, 4.69) is 41.5 Å². The van der Waals surface area contributed by atoms with E-state index in [9.17, 15) is 19.8 Å². The predicted octanol–water partition coefficient (Wildman–Crippen LogP) is 2.37. The molecule has 0 radical (unpaired) electrons. The topological polar surface area (TPSA) is 251 Å². The van der Waals surface area contributed by atoms with Crippen LogP contribution in [-0.4, -0.2) is 128 Å². The summed E-state index contributed by atoms with van der Waals surface area (Å²) >= 11 is 0.612. The quantitative estimate of drug-likeness (QED) is 0.118. The third-order valence-corrected chi connectivity index (χ3v) is 10.8. The van der Waals surface area contributed by atoms with Crippen molar-refractivity contribution in [3.63, 3.8) is 0 Å². The number of nitrogen functional groups attached to an aromatic ring is 2. The number of hydrogen-bond donors (Lipinski definition) is 4. The summed E-state index contributed by atoms with van der Waals surface area (Å²) in [5, 5.41) is 21.6. The molecule has 20 heteroatoms. The molecule has 0 bridgehead atoms. The van der Waals surface area contributed by atoms with E-state index >= 15 is 0 Å². The van der Waals surface area contributed by atoms with Gasteiger partial charge in [0, 0.05) is 0 Å². The molecule has 0 spiro atoms. The number of ether oxygens (including phenoxy) is 4. The fourth-order valence-electron chi connectivity index (χ4n) is 5.70. The first-order valence-electron chi connectivity index (χ1n) is 16.0. The van der Waals surface area contributed by atoms with Crippen LogP contribution in [0.3, 0.4) is 0 Å². The molecule has 6 rings (SSSR count). The first kappa shape index (κ1) is 42.9. The van der Waals surface area contributed by atoms with Crippen molar-refractivity contribution in [1.29, 1.82) is 0 Å². The van der Waals surface area contributed by atoms with Gasteiger partial charge < -0.3 is 0 Å². The molecule has 2 unspecified atom stereocenters. The van der Waals surface area contributed by atoms with Crippen LogP contribution in [-0.2, 0) is 28.5 Å². The number of imidazole rings is 2. The van der Waals surface area contributed by atoms with E-state index in [1.54, 1.807) is 9.13 Å². The van der Waals surface area contributed by atoms with Gasteiger partial charge in [-0.05, 0) is 0 Å². The Morgan fingerprint density at radius 3 is 1.69 bits per heavy atom. The summed E-state index contributed by atoms with van der Waals surface area (Å²) < 4.78 is 26.8. The molecular formula is C32H50N10O8Se2. The van der Waals surface area contributed by atoms with E-state index in [0.717, 1.165) is 5.32 Å². The van der Waals surface area contributed by atoms with E-state index in [0.29, 0.717) is 61.9 Å². The first-order valence-corrected chi connectivity index (χ1v) is 21.9. The number of hydrogen-bond acceptors (Lipinski definition) is 16. The second-order valence-corrected chi connectivity index (χ2v) is 15.4. The number of esters is 2. The second-order valence-electron chi connectivity index (χ2n) is 11.6. The maximum absolute atomic E-state index is 12.4. The number of aromatic nitrogens is 8. The van der Waals surface area contributed by atoms with Crippen LogP contribution in [0.1, 0.15) is 66.8 Å². The molecule has 4 aromatic heterocycles. The standard InChI is InChI=1S/C19H27N5O5Se.C11H15N5O3Se.2CH4/c1-4-6-12(25)28-15-11(8-30-3)27-19(16(15)29-13(26)7-5-2)24-10-23-14-17(20)21-9-22-18(14)24;1-20-2-5-7(17)8(18)11(19-5)16-4-15-6-9(12)13-3-14-10(6)16;;/h9-11,15-16,19H,4-8H2,1-3H3,(H2,20,21,22);3-5,7-8,11,17-18H,2H2,1H3,(H2,12,13,14);2*1H4/t11-,15?,16+,19-;5-,7?,8+,11-;;/m11../s1. The molecule has 18 nitrogen and oxygen atoms in total. The van der Waals surface area contributed by atoms with Gasteiger partial charge in [-0.15, -0.1) is 0 Å². The van der Waals surface area contributed by atoms with Crippen LogP contribution in [0, 0.1) is 0 Å². The summed E-state index contributed by atoms with van der Waals surface area (Å²) in [6.07, 6.45) is 1.93. The summed E-state index contributed by atoms with van der Waals surface area (Å²) in [7, 11) is 0. The van der Waals surface area contributed by atoms with Gasteiger partial charge in [-0.2, -0.15) is 0 Å². The van der Waals surface area contributed by atoms with Crippen LogP contribution in [0.25, 0.3) is 22.3 Å². The Bertz CT molecular complexity index is 1760. The maximum atomic E-state index is 12.4. The van der Waals surface area contributed by atoms with Gasteiger partial charge in [0.25, 0.3) is 0 Å². The minimum atomic E-state index is -1.02. The van der Waals surface area contributed by atoms with Crippen LogP contribution in [0.5, 0.6) is 0 Å². The SMILES string of the molecule is C.C.CCCC(=O)OC1[C@@H](C[Se]C)O[C@@H](n2cnc3c(N)ncnc32)[C@H]1OC(=O)CCC.C[Se]C[C@H]1O[C@@H](n2cnc3c(N)ncnc32)[C@@H](O)C1O. The molecule has 2 fully saturated rings. The fraction of sp³-hybridized carbons (Fsp3) is 0.625. The number of nitrogens with zero attached hydrogens (tertiary/aromatic N) is 8. The number of fused-ring (bicyclic) bond motifs is 2. The molecule has 288 valence electrons. The van der Waals surface area contributed by atoms with Gasteiger partial charge in [0.2, 0.25) is 0 Å². The zero-order valence-electron chi connectivity index (χ0n) is 28.1. The third kappa shape index (κ3) is 9.17. The molecule has 4 aromatic rings. The van der Waals surface area contributed by atoms with Crippen molar-refractivity contribution in [1.82, 2.24) is 39.0 Å². The molecule has 2 saturated heterocycles. The molecule has 0 aliphatic carbocycles. The number of aliphatic hydroxyl groups is 2. The van der Waals surface area contributed by atoms with Crippen molar-refractivity contribution in [2.24, 2.45) is 0 Å². The molecule has 2 aliphatic rings. The normalized spacial score (nSPS) is 25.2. The summed E-state index contributed by atoms with van der Waals surface area (Å²) in [5.41, 5.74) is 13.5. The van der Waals surface area contributed by atoms with Crippen LogP contribution in [0.4, 0.5) is 11.6 Å². The van der Waals surface area contributed by atoms with E-state index in [1.807, 2.05) is 13.8 Å². The van der Waals surface area contributed by atoms with Gasteiger partial charge in [-0.3, -0.25) is 0 Å². The van der Waals surface area contributed by atoms with Crippen LogP contribution in [0.2, 0.25) is 22.3 Å². The average molecular weight is 861 g/mol. The summed E-state index contributed by atoms with van der Waals surface area (Å²) in [6, 6.07) is 0. The van der Waals surface area contributed by atoms with E-state index in [-0.39, 0.29) is 65.9 Å². The molecule has 8 atom stereocenters. The van der Waals surface area contributed by atoms with Crippen LogP contribution >= 0.6 is 0 Å². The Morgan fingerprint density at radius 1 is 0.731 bits per heavy atom. The molecule has 0 aromatic carbocycles. The Labute approximate surface area is 315 Å². The number of rotatable bonds is 12. The first-order chi connectivity index (χ1) is 24.1. The molecule has 6 heterocycles. The van der Waals surface area contributed by atoms with E-state index in [4.69, 9.17) is 30.4 Å². The van der Waals surface area contributed by atoms with Gasteiger partial charge in [0.05, 0.1) is 0 Å². The van der Waals surface area contributed by atoms with E-state index in [1.165, 1.54) is 25.3 Å². The van der Waals surface area contributed by atoms with Crippen molar-refractivity contribution in [3.05, 3.63) is 25.3 Å². The zero-order chi connectivity index (χ0) is 35.9. The van der Waals surface area contributed by atoms with Crippen molar-refractivity contribution in [2.45, 2.75) is 126 Å². The molecule has 2 aliphatic heterocycles. The van der Waals surface area contributed by atoms with Gasteiger partial charge in [0.1, 0.15) is 0 Å². The monoisotopic (exact) mass is 862 g/mol. The van der Waals surface area contributed by atoms with Crippen molar-refractivity contribution >= 4 is 75.8 Å². The number of nitrogens with two attached hydrogens (primary N) is 2. The number of carbonyl (C=O) groups excluding carboxylic acids is 2. The Balaban J connectivity index is 0.000000289.